The third kappa shape index (κ3) is 3.80. The summed E-state index contributed by atoms with van der Waals surface area (Å²) in [5.41, 5.74) is 6.06. The van der Waals surface area contributed by atoms with Crippen molar-refractivity contribution < 1.29 is 13.9 Å². The number of aromatic nitrogens is 3. The maximum atomic E-state index is 12.4. The molecule has 0 radical (unpaired) electrons. The third-order valence-corrected chi connectivity index (χ3v) is 5.94. The molecule has 0 N–H and O–H groups in total. The predicted molar refractivity (Wildman–Crippen MR) is 117 cm³/mol. The number of pyridine rings is 1. The topological polar surface area (TPSA) is 78.1 Å². The molecule has 0 amide bonds. The van der Waals surface area contributed by atoms with Crippen LogP contribution >= 0.6 is 11.8 Å². The van der Waals surface area contributed by atoms with Crippen molar-refractivity contribution in [2.75, 3.05) is 7.11 Å². The van der Waals surface area contributed by atoms with Gasteiger partial charge < -0.3 is 9.15 Å². The van der Waals surface area contributed by atoms with Crippen LogP contribution in [0, 0.1) is 20.8 Å². The predicted octanol–water partition coefficient (Wildman–Crippen LogP) is 5.29. The summed E-state index contributed by atoms with van der Waals surface area (Å²) in [7, 11) is 1.38. The van der Waals surface area contributed by atoms with E-state index in [1.165, 1.54) is 30.0 Å². The first kappa shape index (κ1) is 20.1. The summed E-state index contributed by atoms with van der Waals surface area (Å²) in [5, 5.41) is 9.66. The number of ether oxygens (including phenoxy) is 1. The first-order valence-corrected chi connectivity index (χ1v) is 10.5. The molecule has 2 heterocycles. The number of esters is 1. The van der Waals surface area contributed by atoms with E-state index in [9.17, 15) is 4.79 Å². The maximum absolute atomic E-state index is 12.4. The van der Waals surface area contributed by atoms with E-state index in [1.807, 2.05) is 56.3 Å². The van der Waals surface area contributed by atoms with Crippen LogP contribution in [-0.2, 0) is 10.5 Å². The van der Waals surface area contributed by atoms with Gasteiger partial charge in [0.05, 0.1) is 23.9 Å². The van der Waals surface area contributed by atoms with Crippen molar-refractivity contribution in [2.24, 2.45) is 0 Å². The Hall–Kier alpha value is -3.19. The highest BCUT2D eigenvalue weighted by molar-refractivity contribution is 7.98. The van der Waals surface area contributed by atoms with Crippen LogP contribution in [0.5, 0.6) is 0 Å². The van der Waals surface area contributed by atoms with E-state index in [0.717, 1.165) is 22.0 Å². The fraction of sp³-hybridized carbons (Fsp3) is 0.217. The second-order valence-electron chi connectivity index (χ2n) is 7.03. The molecule has 30 heavy (non-hydrogen) atoms. The zero-order valence-corrected chi connectivity index (χ0v) is 18.0. The minimum atomic E-state index is -0.400. The maximum Gasteiger partial charge on any atom is 0.340 e. The monoisotopic (exact) mass is 419 g/mol. The van der Waals surface area contributed by atoms with Gasteiger partial charge in [0.2, 0.25) is 5.89 Å². The number of hydrogen-bond donors (Lipinski definition) is 0. The third-order valence-electron chi connectivity index (χ3n) is 5.11. The van der Waals surface area contributed by atoms with E-state index in [0.29, 0.717) is 28.1 Å². The van der Waals surface area contributed by atoms with Gasteiger partial charge in [-0.1, -0.05) is 36.0 Å². The highest BCUT2D eigenvalue weighted by Gasteiger charge is 2.20. The summed E-state index contributed by atoms with van der Waals surface area (Å²) < 4.78 is 10.8. The number of fused-ring (bicyclic) bond motifs is 1. The number of aryl methyl sites for hydroxylation is 3. The Balaban J connectivity index is 1.63. The minimum absolute atomic E-state index is 0.400. The molecule has 7 heteroatoms. The van der Waals surface area contributed by atoms with Crippen LogP contribution in [0.2, 0.25) is 0 Å². The van der Waals surface area contributed by atoms with Crippen LogP contribution in [0.4, 0.5) is 0 Å². The lowest BCUT2D eigenvalue weighted by Crippen LogP contribution is -2.10. The van der Waals surface area contributed by atoms with Crippen molar-refractivity contribution in [1.29, 1.82) is 0 Å². The molecule has 152 valence electrons. The largest absolute Gasteiger partial charge is 0.465 e. The Morgan fingerprint density at radius 1 is 1.07 bits per heavy atom. The number of rotatable bonds is 5. The van der Waals surface area contributed by atoms with Crippen LogP contribution in [0.3, 0.4) is 0 Å². The molecule has 2 aromatic heterocycles. The zero-order valence-electron chi connectivity index (χ0n) is 17.2. The van der Waals surface area contributed by atoms with Gasteiger partial charge in [-0.2, -0.15) is 0 Å². The Kier molecular flexibility index (Phi) is 5.55. The molecule has 0 atom stereocenters. The molecular formula is C23H21N3O3S. The van der Waals surface area contributed by atoms with Crippen LogP contribution in [0.25, 0.3) is 22.4 Å². The Bertz CT molecular complexity index is 1250. The Labute approximate surface area is 178 Å². The number of benzene rings is 2. The lowest BCUT2D eigenvalue weighted by Gasteiger charge is -2.12. The molecule has 4 rings (SSSR count). The zero-order chi connectivity index (χ0) is 21.3. The van der Waals surface area contributed by atoms with Crippen molar-refractivity contribution in [1.82, 2.24) is 15.2 Å². The summed E-state index contributed by atoms with van der Waals surface area (Å²) in [4.78, 5) is 17.1. The van der Waals surface area contributed by atoms with Gasteiger partial charge in [0.15, 0.2) is 0 Å². The van der Waals surface area contributed by atoms with E-state index in [-0.39, 0.29) is 0 Å². The van der Waals surface area contributed by atoms with Crippen LogP contribution in [0.15, 0.2) is 52.1 Å². The van der Waals surface area contributed by atoms with Gasteiger partial charge in [-0.05, 0) is 55.7 Å². The first-order valence-electron chi connectivity index (χ1n) is 9.48. The number of hydrogen-bond acceptors (Lipinski definition) is 7. The van der Waals surface area contributed by atoms with Crippen LogP contribution in [0.1, 0.15) is 32.7 Å². The van der Waals surface area contributed by atoms with Crippen LogP contribution < -0.4 is 0 Å². The highest BCUT2D eigenvalue weighted by atomic mass is 32.2. The molecule has 0 aliphatic heterocycles. The van der Waals surface area contributed by atoms with E-state index in [4.69, 9.17) is 14.1 Å². The fourth-order valence-electron chi connectivity index (χ4n) is 3.31. The minimum Gasteiger partial charge on any atom is -0.465 e. The molecule has 0 fully saturated rings. The average Bonchev–Trinajstić information content (AvgIpc) is 3.23. The second kappa shape index (κ2) is 8.28. The number of thioether (sulfide) groups is 1. The number of methoxy groups -OCH3 is 1. The van der Waals surface area contributed by atoms with Crippen molar-refractivity contribution >= 4 is 28.6 Å². The SMILES string of the molecule is COC(=O)c1c(CSc2nnc(-c3ccc(C)c(C)c3)o2)nc2ccccc2c1C. The van der Waals surface area contributed by atoms with E-state index < -0.39 is 5.97 Å². The highest BCUT2D eigenvalue weighted by Crippen LogP contribution is 2.30. The molecule has 0 saturated heterocycles. The van der Waals surface area contributed by atoms with Gasteiger partial charge >= 0.3 is 5.97 Å². The second-order valence-corrected chi connectivity index (χ2v) is 7.95. The van der Waals surface area contributed by atoms with Gasteiger partial charge in [0.1, 0.15) is 0 Å². The van der Waals surface area contributed by atoms with Crippen molar-refractivity contribution in [3.63, 3.8) is 0 Å². The molecule has 0 bridgehead atoms. The summed E-state index contributed by atoms with van der Waals surface area (Å²) in [6.07, 6.45) is 0. The van der Waals surface area contributed by atoms with E-state index in [1.54, 1.807) is 0 Å². The van der Waals surface area contributed by atoms with Crippen molar-refractivity contribution in [3.05, 3.63) is 70.4 Å². The lowest BCUT2D eigenvalue weighted by molar-refractivity contribution is 0.0598. The van der Waals surface area contributed by atoms with Gasteiger partial charge in [-0.15, -0.1) is 10.2 Å². The molecule has 0 aliphatic rings. The van der Waals surface area contributed by atoms with Gasteiger partial charge in [0, 0.05) is 16.7 Å². The summed E-state index contributed by atoms with van der Waals surface area (Å²) in [5.74, 6) is 0.476. The number of para-hydroxylation sites is 1. The molecule has 0 unspecified atom stereocenters. The molecule has 6 nitrogen and oxygen atoms in total. The molecule has 0 spiro atoms. The van der Waals surface area contributed by atoms with E-state index >= 15 is 0 Å². The van der Waals surface area contributed by atoms with Crippen molar-refractivity contribution in [3.8, 4) is 11.5 Å². The quantitative estimate of drug-likeness (QED) is 0.321. The number of carbonyl (C=O) groups is 1. The molecule has 0 saturated carbocycles. The Morgan fingerprint density at radius 2 is 1.87 bits per heavy atom. The van der Waals surface area contributed by atoms with Gasteiger partial charge in [-0.25, -0.2) is 4.79 Å². The standard InChI is InChI=1S/C23H21N3O3S/c1-13-9-10-16(11-14(13)2)21-25-26-23(29-21)30-12-19-20(22(27)28-4)15(3)17-7-5-6-8-18(17)24-19/h5-11H,12H2,1-4H3. The van der Waals surface area contributed by atoms with Crippen LogP contribution in [-0.4, -0.2) is 28.3 Å². The van der Waals surface area contributed by atoms with Gasteiger partial charge in [-0.3, -0.25) is 4.98 Å². The molecule has 4 aromatic rings. The molecule has 0 aliphatic carbocycles. The van der Waals surface area contributed by atoms with E-state index in [2.05, 4.69) is 17.1 Å². The summed E-state index contributed by atoms with van der Waals surface area (Å²) >= 11 is 1.35. The first-order chi connectivity index (χ1) is 14.5. The fourth-order valence-corrected chi connectivity index (χ4v) is 4.01. The lowest BCUT2D eigenvalue weighted by atomic mass is 10.0. The van der Waals surface area contributed by atoms with Gasteiger partial charge in [0.25, 0.3) is 5.22 Å². The molecule has 2 aromatic carbocycles. The summed E-state index contributed by atoms with van der Waals surface area (Å²) in [6.45, 7) is 6.02. The average molecular weight is 420 g/mol. The molecular weight excluding hydrogens is 398 g/mol. The Morgan fingerprint density at radius 3 is 2.63 bits per heavy atom. The normalized spacial score (nSPS) is 11.1. The van der Waals surface area contributed by atoms with Crippen molar-refractivity contribution in [2.45, 2.75) is 31.7 Å². The summed E-state index contributed by atoms with van der Waals surface area (Å²) in [6, 6.07) is 13.8. The number of carbonyl (C=O) groups excluding carboxylic acids is 1. The smallest absolute Gasteiger partial charge is 0.340 e. The number of nitrogens with zero attached hydrogens (tertiary/aromatic N) is 3.